The lowest BCUT2D eigenvalue weighted by atomic mass is 10.3. The van der Waals surface area contributed by atoms with Crippen molar-refractivity contribution in [1.82, 2.24) is 4.98 Å². The second-order valence-corrected chi connectivity index (χ2v) is 6.63. The van der Waals surface area contributed by atoms with Crippen LogP contribution in [-0.4, -0.2) is 16.1 Å². The number of rotatable bonds is 6. The van der Waals surface area contributed by atoms with E-state index in [9.17, 15) is 4.79 Å². The normalized spacial score (nSPS) is 10.7. The zero-order valence-electron chi connectivity index (χ0n) is 9.88. The van der Waals surface area contributed by atoms with E-state index in [1.165, 1.54) is 16.3 Å². The molecule has 2 rings (SSSR count). The van der Waals surface area contributed by atoms with E-state index in [0.717, 1.165) is 29.2 Å². The average Bonchev–Trinajstić information content (AvgIpc) is 2.95. The summed E-state index contributed by atoms with van der Waals surface area (Å²) in [6.07, 6.45) is 2.16. The highest BCUT2D eigenvalue weighted by Crippen LogP contribution is 2.28. The summed E-state index contributed by atoms with van der Waals surface area (Å²) in [5.41, 5.74) is 1.08. The summed E-state index contributed by atoms with van der Waals surface area (Å²) < 4.78 is 0. The number of hydrogen-bond donors (Lipinski definition) is 1. The Bertz CT molecular complexity index is 533. The molecule has 2 aromatic heterocycles. The molecule has 0 radical (unpaired) electrons. The van der Waals surface area contributed by atoms with E-state index < -0.39 is 5.97 Å². The van der Waals surface area contributed by atoms with Crippen LogP contribution in [0.4, 0.5) is 0 Å². The molecular formula is C12H13NO2S3. The molecule has 0 saturated carbocycles. The quantitative estimate of drug-likeness (QED) is 0.814. The van der Waals surface area contributed by atoms with Gasteiger partial charge in [0.1, 0.15) is 4.88 Å². The highest BCUT2D eigenvalue weighted by molar-refractivity contribution is 7.98. The zero-order chi connectivity index (χ0) is 13.0. The molecule has 96 valence electrons. The van der Waals surface area contributed by atoms with E-state index >= 15 is 0 Å². The van der Waals surface area contributed by atoms with E-state index in [0.29, 0.717) is 4.88 Å². The van der Waals surface area contributed by atoms with Gasteiger partial charge in [0.05, 0.1) is 10.7 Å². The molecular weight excluding hydrogens is 286 g/mol. The van der Waals surface area contributed by atoms with E-state index in [-0.39, 0.29) is 0 Å². The summed E-state index contributed by atoms with van der Waals surface area (Å²) in [7, 11) is 0. The van der Waals surface area contributed by atoms with Crippen molar-refractivity contribution in [3.05, 3.63) is 32.4 Å². The topological polar surface area (TPSA) is 50.2 Å². The van der Waals surface area contributed by atoms with Gasteiger partial charge in [-0.25, -0.2) is 9.78 Å². The Morgan fingerprint density at radius 3 is 2.94 bits per heavy atom. The van der Waals surface area contributed by atoms with Crippen molar-refractivity contribution in [2.75, 3.05) is 0 Å². The molecule has 0 aromatic carbocycles. The first-order valence-electron chi connectivity index (χ1n) is 5.57. The fourth-order valence-corrected chi connectivity index (χ4v) is 4.18. The van der Waals surface area contributed by atoms with Gasteiger partial charge in [0, 0.05) is 21.4 Å². The van der Waals surface area contributed by atoms with Crippen molar-refractivity contribution in [3.63, 3.8) is 0 Å². The van der Waals surface area contributed by atoms with Crippen LogP contribution < -0.4 is 0 Å². The molecule has 3 nitrogen and oxygen atoms in total. The standard InChI is InChI=1S/C12H13NO2S3/c1-2-3-11-13-8(6-18-11)5-16-9-4-10(12(14)15)17-7-9/h4,6-7H,2-3,5H2,1H3,(H,14,15). The van der Waals surface area contributed by atoms with Crippen molar-refractivity contribution in [2.24, 2.45) is 0 Å². The number of thiophene rings is 1. The van der Waals surface area contributed by atoms with Crippen molar-refractivity contribution in [3.8, 4) is 0 Å². The molecule has 18 heavy (non-hydrogen) atoms. The molecule has 0 aliphatic heterocycles. The highest BCUT2D eigenvalue weighted by Gasteiger charge is 2.08. The number of aromatic nitrogens is 1. The van der Waals surface area contributed by atoms with Crippen LogP contribution >= 0.6 is 34.4 Å². The number of thiazole rings is 1. The minimum atomic E-state index is -0.856. The van der Waals surface area contributed by atoms with Gasteiger partial charge in [-0.2, -0.15) is 0 Å². The summed E-state index contributed by atoms with van der Waals surface area (Å²) in [4.78, 5) is 16.7. The van der Waals surface area contributed by atoms with Crippen molar-refractivity contribution < 1.29 is 9.90 Å². The third-order valence-electron chi connectivity index (χ3n) is 2.24. The molecule has 0 aliphatic rings. The molecule has 0 saturated heterocycles. The number of nitrogens with zero attached hydrogens (tertiary/aromatic N) is 1. The van der Waals surface area contributed by atoms with Gasteiger partial charge in [0.2, 0.25) is 0 Å². The van der Waals surface area contributed by atoms with Gasteiger partial charge in [-0.1, -0.05) is 6.92 Å². The number of hydrogen-bond acceptors (Lipinski definition) is 5. The number of aromatic carboxylic acids is 1. The lowest BCUT2D eigenvalue weighted by molar-refractivity contribution is 0.0702. The van der Waals surface area contributed by atoms with Gasteiger partial charge in [0.15, 0.2) is 0 Å². The maximum Gasteiger partial charge on any atom is 0.345 e. The van der Waals surface area contributed by atoms with Gasteiger partial charge in [-0.15, -0.1) is 34.4 Å². The predicted octanol–water partition coefficient (Wildman–Crippen LogP) is 4.15. The first-order chi connectivity index (χ1) is 8.69. The second-order valence-electron chi connectivity index (χ2n) is 3.72. The Labute approximate surface area is 118 Å². The van der Waals surface area contributed by atoms with E-state index in [2.05, 4.69) is 17.3 Å². The van der Waals surface area contributed by atoms with E-state index in [4.69, 9.17) is 5.11 Å². The minimum absolute atomic E-state index is 0.391. The first kappa shape index (κ1) is 13.6. The van der Waals surface area contributed by atoms with Gasteiger partial charge < -0.3 is 5.11 Å². The summed E-state index contributed by atoms with van der Waals surface area (Å²) in [6.45, 7) is 2.15. The Morgan fingerprint density at radius 2 is 2.28 bits per heavy atom. The number of carboxylic acids is 1. The minimum Gasteiger partial charge on any atom is -0.477 e. The third-order valence-corrected chi connectivity index (χ3v) is 5.27. The highest BCUT2D eigenvalue weighted by atomic mass is 32.2. The molecule has 2 aromatic rings. The maximum absolute atomic E-state index is 10.8. The molecule has 0 unspecified atom stereocenters. The molecule has 0 fully saturated rings. The summed E-state index contributed by atoms with van der Waals surface area (Å²) >= 11 is 4.61. The second kappa shape index (κ2) is 6.36. The maximum atomic E-state index is 10.8. The molecule has 0 bridgehead atoms. The zero-order valence-corrected chi connectivity index (χ0v) is 12.3. The third kappa shape index (κ3) is 3.57. The molecule has 0 amide bonds. The Balaban J connectivity index is 1.91. The van der Waals surface area contributed by atoms with Crippen LogP contribution in [0.15, 0.2) is 21.7 Å². The number of carbonyl (C=O) groups is 1. The number of thioether (sulfide) groups is 1. The lowest BCUT2D eigenvalue weighted by Gasteiger charge is -1.94. The Kier molecular flexibility index (Phi) is 4.79. The molecule has 6 heteroatoms. The van der Waals surface area contributed by atoms with Crippen molar-refractivity contribution in [1.29, 1.82) is 0 Å². The van der Waals surface area contributed by atoms with E-state index in [1.54, 1.807) is 29.2 Å². The van der Waals surface area contributed by atoms with Crippen molar-refractivity contribution in [2.45, 2.75) is 30.4 Å². The molecule has 0 spiro atoms. The van der Waals surface area contributed by atoms with E-state index in [1.807, 2.05) is 5.38 Å². The molecule has 2 heterocycles. The lowest BCUT2D eigenvalue weighted by Crippen LogP contribution is -1.89. The fraction of sp³-hybridized carbons (Fsp3) is 0.333. The van der Waals surface area contributed by atoms with Crippen LogP contribution in [0.3, 0.4) is 0 Å². The Morgan fingerprint density at radius 1 is 1.44 bits per heavy atom. The van der Waals surface area contributed by atoms with Crippen LogP contribution in [0.1, 0.15) is 33.7 Å². The average molecular weight is 299 g/mol. The number of aryl methyl sites for hydroxylation is 1. The van der Waals surface area contributed by atoms with Gasteiger partial charge in [-0.3, -0.25) is 0 Å². The van der Waals surface area contributed by atoms with Crippen LogP contribution in [0.25, 0.3) is 0 Å². The molecule has 0 atom stereocenters. The molecule has 0 aliphatic carbocycles. The van der Waals surface area contributed by atoms with Crippen LogP contribution in [-0.2, 0) is 12.2 Å². The van der Waals surface area contributed by atoms with Crippen LogP contribution in [0, 0.1) is 0 Å². The first-order valence-corrected chi connectivity index (χ1v) is 8.31. The summed E-state index contributed by atoms with van der Waals surface area (Å²) in [5.74, 6) is -0.0542. The van der Waals surface area contributed by atoms with Gasteiger partial charge in [-0.05, 0) is 18.9 Å². The fourth-order valence-electron chi connectivity index (χ4n) is 1.41. The van der Waals surface area contributed by atoms with Crippen LogP contribution in [0.5, 0.6) is 0 Å². The van der Waals surface area contributed by atoms with Crippen molar-refractivity contribution >= 4 is 40.4 Å². The summed E-state index contributed by atoms with van der Waals surface area (Å²) in [6, 6.07) is 1.72. The largest absolute Gasteiger partial charge is 0.477 e. The van der Waals surface area contributed by atoms with Gasteiger partial charge in [0.25, 0.3) is 0 Å². The number of carboxylic acid groups (broad SMARTS) is 1. The van der Waals surface area contributed by atoms with Gasteiger partial charge >= 0.3 is 5.97 Å². The Hall–Kier alpha value is -0.850. The predicted molar refractivity (Wildman–Crippen MR) is 76.9 cm³/mol. The smallest absolute Gasteiger partial charge is 0.345 e. The van der Waals surface area contributed by atoms with Crippen LogP contribution in [0.2, 0.25) is 0 Å². The molecule has 1 N–H and O–H groups in total. The SMILES string of the molecule is CCCc1nc(CSc2csc(C(=O)O)c2)cs1. The summed E-state index contributed by atoms with van der Waals surface area (Å²) in [5, 5.41) is 14.0. The monoisotopic (exact) mass is 299 g/mol.